The van der Waals surface area contributed by atoms with Crippen molar-refractivity contribution in [3.05, 3.63) is 131 Å². The highest BCUT2D eigenvalue weighted by Crippen LogP contribution is 2.36. The number of aliphatic hydroxyl groups is 1. The second-order valence-corrected chi connectivity index (χ2v) is 10.3. The van der Waals surface area contributed by atoms with Crippen LogP contribution in [0.1, 0.15) is 46.0 Å². The van der Waals surface area contributed by atoms with Crippen LogP contribution in [0.25, 0.3) is 0 Å². The Morgan fingerprint density at radius 1 is 0.625 bits per heavy atom. The van der Waals surface area contributed by atoms with Gasteiger partial charge < -0.3 is 15.7 Å². The smallest absolute Gasteiger partial charge is 0.379 e. The van der Waals surface area contributed by atoms with Gasteiger partial charge in [-0.3, -0.25) is 14.4 Å². The van der Waals surface area contributed by atoms with Crippen molar-refractivity contribution in [1.82, 2.24) is 0 Å². The Morgan fingerprint density at radius 3 is 1.52 bits per heavy atom. The van der Waals surface area contributed by atoms with Crippen LogP contribution in [-0.2, 0) is 22.4 Å². The van der Waals surface area contributed by atoms with Gasteiger partial charge in [-0.2, -0.15) is 26.3 Å². The van der Waals surface area contributed by atoms with Crippen molar-refractivity contribution in [2.24, 2.45) is 0 Å². The molecule has 2 amide bonds. The summed E-state index contributed by atoms with van der Waals surface area (Å²) in [5.74, 6) is -4.99. The summed E-state index contributed by atoms with van der Waals surface area (Å²) in [6.07, 6.45) is -12.1. The number of anilines is 2. The lowest BCUT2D eigenvalue weighted by Crippen LogP contribution is -2.25. The molecule has 0 bridgehead atoms. The molecule has 0 saturated heterocycles. The van der Waals surface area contributed by atoms with E-state index in [1.807, 2.05) is 24.3 Å². The van der Waals surface area contributed by atoms with E-state index in [-0.39, 0.29) is 12.8 Å². The van der Waals surface area contributed by atoms with E-state index in [0.717, 1.165) is 35.4 Å². The van der Waals surface area contributed by atoms with Crippen LogP contribution in [0, 0.1) is 11.6 Å². The third-order valence-corrected chi connectivity index (χ3v) is 6.62. The molecule has 0 aliphatic heterocycles. The quantitative estimate of drug-likeness (QED) is 0.116. The maximum absolute atomic E-state index is 13.3. The molecule has 0 aromatic heterocycles. The standard InChI is InChI=1S/C17H15F4NO2.C17H13F4NO2/c2*18-12-7-8-13(16(24)17(19,20)21)14(10-12)22-15(23)9-6-11-4-2-1-3-5-11/h1-5,7-8,10,16,24H,6,9H2,(H,22,23);1-5,7-8,10H,6,9H2,(H,22,23). The van der Waals surface area contributed by atoms with E-state index in [9.17, 15) is 54.6 Å². The van der Waals surface area contributed by atoms with Gasteiger partial charge in [0.05, 0.1) is 11.3 Å². The monoisotopic (exact) mass is 680 g/mol. The molecule has 0 radical (unpaired) electrons. The summed E-state index contributed by atoms with van der Waals surface area (Å²) in [5, 5.41) is 13.8. The van der Waals surface area contributed by atoms with E-state index in [1.54, 1.807) is 36.4 Å². The molecule has 4 aromatic rings. The Balaban J connectivity index is 0.000000260. The molecule has 3 N–H and O–H groups in total. The third-order valence-electron chi connectivity index (χ3n) is 6.62. The first-order valence-electron chi connectivity index (χ1n) is 14.2. The Bertz CT molecular complexity index is 1700. The predicted octanol–water partition coefficient (Wildman–Crippen LogP) is 8.13. The van der Waals surface area contributed by atoms with E-state index in [2.05, 4.69) is 10.6 Å². The topological polar surface area (TPSA) is 95.5 Å². The summed E-state index contributed by atoms with van der Waals surface area (Å²) < 4.78 is 102. The molecule has 4 rings (SSSR count). The summed E-state index contributed by atoms with van der Waals surface area (Å²) >= 11 is 0. The van der Waals surface area contributed by atoms with Gasteiger partial charge in [0.25, 0.3) is 5.78 Å². The Morgan fingerprint density at radius 2 is 1.06 bits per heavy atom. The minimum absolute atomic E-state index is 0.0137. The van der Waals surface area contributed by atoms with Crippen molar-refractivity contribution in [2.75, 3.05) is 10.6 Å². The number of hydrogen-bond donors (Lipinski definition) is 3. The number of Topliss-reactive ketones (excluding diaryl/α,β-unsaturated/α-hetero) is 1. The lowest BCUT2D eigenvalue weighted by molar-refractivity contribution is -0.206. The second-order valence-electron chi connectivity index (χ2n) is 10.3. The first-order valence-corrected chi connectivity index (χ1v) is 14.2. The number of benzene rings is 4. The molecule has 4 aromatic carbocycles. The molecule has 0 fully saturated rings. The van der Waals surface area contributed by atoms with Crippen LogP contribution in [0.15, 0.2) is 97.1 Å². The summed E-state index contributed by atoms with van der Waals surface area (Å²) in [7, 11) is 0. The van der Waals surface area contributed by atoms with E-state index in [1.165, 1.54) is 0 Å². The molecule has 0 saturated carbocycles. The van der Waals surface area contributed by atoms with Crippen LogP contribution < -0.4 is 10.6 Å². The zero-order valence-electron chi connectivity index (χ0n) is 24.8. The maximum atomic E-state index is 13.3. The minimum atomic E-state index is -5.11. The number of halogens is 8. The van der Waals surface area contributed by atoms with E-state index in [0.29, 0.717) is 25.0 Å². The van der Waals surface area contributed by atoms with Crippen LogP contribution in [0.5, 0.6) is 0 Å². The number of nitrogens with one attached hydrogen (secondary N) is 2. The van der Waals surface area contributed by atoms with Crippen LogP contribution in [0.2, 0.25) is 0 Å². The highest BCUT2D eigenvalue weighted by Gasteiger charge is 2.41. The highest BCUT2D eigenvalue weighted by atomic mass is 19.4. The first kappa shape index (κ1) is 37.3. The van der Waals surface area contributed by atoms with Gasteiger partial charge >= 0.3 is 12.4 Å². The van der Waals surface area contributed by atoms with Crippen molar-refractivity contribution in [3.8, 4) is 0 Å². The van der Waals surface area contributed by atoms with Gasteiger partial charge in [-0.1, -0.05) is 66.7 Å². The number of rotatable bonds is 10. The molecule has 0 spiro atoms. The van der Waals surface area contributed by atoms with Gasteiger partial charge in [0.15, 0.2) is 6.10 Å². The van der Waals surface area contributed by atoms with Crippen molar-refractivity contribution in [1.29, 1.82) is 0 Å². The average Bonchev–Trinajstić information content (AvgIpc) is 3.03. The fourth-order valence-corrected chi connectivity index (χ4v) is 4.25. The van der Waals surface area contributed by atoms with Crippen LogP contribution in [-0.4, -0.2) is 35.1 Å². The number of carbonyl (C=O) groups excluding carboxylic acids is 3. The summed E-state index contributed by atoms with van der Waals surface area (Å²) in [6, 6.07) is 22.5. The maximum Gasteiger partial charge on any atom is 0.454 e. The number of ketones is 1. The molecular formula is C34H28F8N2O4. The van der Waals surface area contributed by atoms with Crippen molar-refractivity contribution >= 4 is 29.0 Å². The van der Waals surface area contributed by atoms with Crippen LogP contribution in [0.4, 0.5) is 46.5 Å². The molecule has 48 heavy (non-hydrogen) atoms. The summed E-state index contributed by atoms with van der Waals surface area (Å²) in [5.41, 5.74) is -0.511. The zero-order chi connectivity index (χ0) is 35.5. The number of aryl methyl sites for hydroxylation is 2. The highest BCUT2D eigenvalue weighted by molar-refractivity contribution is 6.07. The van der Waals surface area contributed by atoms with Gasteiger partial charge in [0.2, 0.25) is 11.8 Å². The lowest BCUT2D eigenvalue weighted by atomic mass is 10.1. The molecule has 1 atom stereocenters. The molecule has 14 heteroatoms. The normalized spacial score (nSPS) is 11.9. The minimum Gasteiger partial charge on any atom is -0.379 e. The largest absolute Gasteiger partial charge is 0.454 e. The van der Waals surface area contributed by atoms with E-state index >= 15 is 0 Å². The van der Waals surface area contributed by atoms with Gasteiger partial charge in [-0.15, -0.1) is 0 Å². The van der Waals surface area contributed by atoms with Gasteiger partial charge in [0, 0.05) is 24.1 Å². The number of hydrogen-bond acceptors (Lipinski definition) is 4. The SMILES string of the molecule is O=C(CCc1ccccc1)Nc1cc(F)ccc1C(=O)C(F)(F)F.O=C(CCc1ccccc1)Nc1cc(F)ccc1C(O)C(F)(F)F. The van der Waals surface area contributed by atoms with Crippen molar-refractivity contribution in [2.45, 2.75) is 44.1 Å². The average molecular weight is 681 g/mol. The summed E-state index contributed by atoms with van der Waals surface area (Å²) in [4.78, 5) is 35.2. The van der Waals surface area contributed by atoms with Gasteiger partial charge in [0.1, 0.15) is 11.6 Å². The molecular weight excluding hydrogens is 652 g/mol. The molecule has 0 aliphatic carbocycles. The molecule has 254 valence electrons. The fraction of sp³-hybridized carbons (Fsp3) is 0.206. The number of carbonyl (C=O) groups is 3. The number of amides is 2. The van der Waals surface area contributed by atoms with Crippen molar-refractivity contribution in [3.63, 3.8) is 0 Å². The molecule has 0 heterocycles. The first-order chi connectivity index (χ1) is 22.5. The Labute approximate surface area is 269 Å². The van der Waals surface area contributed by atoms with E-state index < -0.39 is 70.2 Å². The van der Waals surface area contributed by atoms with Gasteiger partial charge in [-0.05, 0) is 54.3 Å². The zero-order valence-corrected chi connectivity index (χ0v) is 24.8. The van der Waals surface area contributed by atoms with E-state index in [4.69, 9.17) is 0 Å². The van der Waals surface area contributed by atoms with Gasteiger partial charge in [-0.25, -0.2) is 8.78 Å². The Kier molecular flexibility index (Phi) is 12.9. The van der Waals surface area contributed by atoms with Crippen LogP contribution >= 0.6 is 0 Å². The molecule has 1 unspecified atom stereocenters. The Hall–Kier alpha value is -5.11. The predicted molar refractivity (Wildman–Crippen MR) is 161 cm³/mol. The second kappa shape index (κ2) is 16.6. The lowest BCUT2D eigenvalue weighted by Gasteiger charge is -2.18. The third kappa shape index (κ3) is 11.6. The van der Waals surface area contributed by atoms with Crippen molar-refractivity contribution < 1.29 is 54.6 Å². The number of aliphatic hydroxyl groups excluding tert-OH is 1. The fourth-order valence-electron chi connectivity index (χ4n) is 4.25. The molecule has 0 aliphatic rings. The molecule has 6 nitrogen and oxygen atoms in total. The summed E-state index contributed by atoms with van der Waals surface area (Å²) in [6.45, 7) is 0. The number of alkyl halides is 6. The van der Waals surface area contributed by atoms with Crippen LogP contribution in [0.3, 0.4) is 0 Å².